The van der Waals surface area contributed by atoms with E-state index in [1.165, 1.54) is 5.06 Å². The highest BCUT2D eigenvalue weighted by molar-refractivity contribution is 6.23. The minimum Gasteiger partial charge on any atom is -0.496 e. The van der Waals surface area contributed by atoms with Crippen molar-refractivity contribution < 1.29 is 33.5 Å². The number of ether oxygens (including phenoxy) is 3. The molecule has 0 saturated carbocycles. The van der Waals surface area contributed by atoms with Crippen molar-refractivity contribution in [1.82, 2.24) is 10.1 Å². The highest BCUT2D eigenvalue weighted by Gasteiger charge is 2.57. The standard InChI is InChI=1S/C26H34N2O7/c1-6-32-25(30)35-23-22(21-18(3)14-17(2)15-19(21)4)24(29)28(34-16-20-8-7-13-33-20)26(23)9-11-27(31-5)12-10-26/h7,13-15,20H,6,8-12,16H2,1-5H3. The molecule has 1 aromatic carbocycles. The summed E-state index contributed by atoms with van der Waals surface area (Å²) in [4.78, 5) is 38.3. The van der Waals surface area contributed by atoms with E-state index in [9.17, 15) is 9.59 Å². The maximum Gasteiger partial charge on any atom is 0.513 e. The summed E-state index contributed by atoms with van der Waals surface area (Å²) in [6, 6.07) is 4.04. The van der Waals surface area contributed by atoms with Gasteiger partial charge >= 0.3 is 6.16 Å². The van der Waals surface area contributed by atoms with Gasteiger partial charge in [-0.1, -0.05) is 17.7 Å². The first-order chi connectivity index (χ1) is 16.8. The Bertz CT molecular complexity index is 1010. The van der Waals surface area contributed by atoms with Crippen LogP contribution >= 0.6 is 0 Å². The van der Waals surface area contributed by atoms with E-state index in [1.54, 1.807) is 20.3 Å². The van der Waals surface area contributed by atoms with Gasteiger partial charge in [0.25, 0.3) is 5.91 Å². The number of benzene rings is 1. The Morgan fingerprint density at radius 1 is 1.17 bits per heavy atom. The molecule has 0 radical (unpaired) electrons. The summed E-state index contributed by atoms with van der Waals surface area (Å²) in [6.45, 7) is 9.05. The Morgan fingerprint density at radius 3 is 2.43 bits per heavy atom. The van der Waals surface area contributed by atoms with Gasteiger partial charge in [0, 0.05) is 19.5 Å². The van der Waals surface area contributed by atoms with Gasteiger partial charge in [0.15, 0.2) is 5.76 Å². The lowest BCUT2D eigenvalue weighted by Gasteiger charge is -2.43. The summed E-state index contributed by atoms with van der Waals surface area (Å²) in [5, 5.41) is 3.23. The Kier molecular flexibility index (Phi) is 7.49. The van der Waals surface area contributed by atoms with Crippen molar-refractivity contribution in [2.75, 3.05) is 33.4 Å². The van der Waals surface area contributed by atoms with Crippen LogP contribution in [-0.2, 0) is 28.7 Å². The molecule has 1 amide bonds. The first-order valence-electron chi connectivity index (χ1n) is 12.0. The number of hydrogen-bond donors (Lipinski definition) is 0. The molecule has 1 fully saturated rings. The number of nitrogens with zero attached hydrogens (tertiary/aromatic N) is 2. The molecule has 190 valence electrons. The number of amides is 1. The van der Waals surface area contributed by atoms with Crippen LogP contribution in [0.2, 0.25) is 0 Å². The summed E-state index contributed by atoms with van der Waals surface area (Å²) in [5.74, 6) is -0.0617. The van der Waals surface area contributed by atoms with Gasteiger partial charge in [0.2, 0.25) is 0 Å². The van der Waals surface area contributed by atoms with Crippen LogP contribution in [0.3, 0.4) is 0 Å². The average Bonchev–Trinajstić information content (AvgIpc) is 3.40. The van der Waals surface area contributed by atoms with Gasteiger partial charge in [-0.25, -0.2) is 9.86 Å². The quantitative estimate of drug-likeness (QED) is 0.535. The van der Waals surface area contributed by atoms with Crippen LogP contribution in [0.1, 0.15) is 48.4 Å². The van der Waals surface area contributed by atoms with Crippen molar-refractivity contribution in [3.05, 3.63) is 52.5 Å². The number of rotatable bonds is 7. The fourth-order valence-electron chi connectivity index (χ4n) is 5.24. The number of carbonyl (C=O) groups is 2. The van der Waals surface area contributed by atoms with Crippen LogP contribution in [0.5, 0.6) is 0 Å². The molecule has 1 aromatic rings. The van der Waals surface area contributed by atoms with Crippen molar-refractivity contribution in [2.24, 2.45) is 0 Å². The maximum absolute atomic E-state index is 14.1. The van der Waals surface area contributed by atoms with E-state index in [1.807, 2.05) is 44.0 Å². The van der Waals surface area contributed by atoms with E-state index in [0.29, 0.717) is 37.9 Å². The lowest BCUT2D eigenvalue weighted by atomic mass is 9.84. The fourth-order valence-corrected chi connectivity index (χ4v) is 5.24. The van der Waals surface area contributed by atoms with E-state index in [0.717, 1.165) is 22.3 Å². The fraction of sp³-hybridized carbons (Fsp3) is 0.538. The Morgan fingerprint density at radius 2 is 1.86 bits per heavy atom. The van der Waals surface area contributed by atoms with E-state index >= 15 is 0 Å². The summed E-state index contributed by atoms with van der Waals surface area (Å²) in [6.07, 6.45) is 4.16. The highest BCUT2D eigenvalue weighted by atomic mass is 16.7. The third-order valence-electron chi connectivity index (χ3n) is 6.77. The van der Waals surface area contributed by atoms with Crippen molar-refractivity contribution in [3.63, 3.8) is 0 Å². The summed E-state index contributed by atoms with van der Waals surface area (Å²) >= 11 is 0. The van der Waals surface area contributed by atoms with Crippen LogP contribution in [0, 0.1) is 20.8 Å². The molecule has 0 N–H and O–H groups in total. The van der Waals surface area contributed by atoms with E-state index < -0.39 is 11.7 Å². The Balaban J connectivity index is 1.82. The number of hydrogen-bond acceptors (Lipinski definition) is 8. The van der Waals surface area contributed by atoms with Crippen molar-refractivity contribution in [3.8, 4) is 0 Å². The summed E-state index contributed by atoms with van der Waals surface area (Å²) in [5.41, 5.74) is 3.03. The first-order valence-corrected chi connectivity index (χ1v) is 12.0. The first kappa shape index (κ1) is 25.2. The molecule has 3 heterocycles. The third kappa shape index (κ3) is 4.80. The molecule has 0 aromatic heterocycles. The Labute approximate surface area is 206 Å². The molecule has 3 aliphatic rings. The van der Waals surface area contributed by atoms with Crippen LogP contribution in [-0.4, -0.2) is 67.2 Å². The van der Waals surface area contributed by atoms with Crippen molar-refractivity contribution >= 4 is 17.6 Å². The van der Waals surface area contributed by atoms with Gasteiger partial charge in [0.1, 0.15) is 18.2 Å². The summed E-state index contributed by atoms with van der Waals surface area (Å²) in [7, 11) is 1.62. The molecule has 3 aliphatic heterocycles. The van der Waals surface area contributed by atoms with Gasteiger partial charge in [-0.3, -0.25) is 9.63 Å². The lowest BCUT2D eigenvalue weighted by molar-refractivity contribution is -0.239. The maximum atomic E-state index is 14.1. The van der Waals surface area contributed by atoms with E-state index in [-0.39, 0.29) is 31.0 Å². The predicted molar refractivity (Wildman–Crippen MR) is 128 cm³/mol. The highest BCUT2D eigenvalue weighted by Crippen LogP contribution is 2.48. The van der Waals surface area contributed by atoms with Crippen molar-refractivity contribution in [1.29, 1.82) is 0 Å². The largest absolute Gasteiger partial charge is 0.513 e. The van der Waals surface area contributed by atoms with Crippen molar-refractivity contribution in [2.45, 2.75) is 58.6 Å². The molecule has 1 spiro atoms. The number of carbonyl (C=O) groups excluding carboxylic acids is 2. The molecule has 9 nitrogen and oxygen atoms in total. The smallest absolute Gasteiger partial charge is 0.496 e. The Hall–Kier alpha value is -2.88. The van der Waals surface area contributed by atoms with Crippen LogP contribution in [0.25, 0.3) is 5.57 Å². The van der Waals surface area contributed by atoms with E-state index in [4.69, 9.17) is 23.9 Å². The second-order valence-electron chi connectivity index (χ2n) is 9.17. The van der Waals surface area contributed by atoms with E-state index in [2.05, 4.69) is 0 Å². The van der Waals surface area contributed by atoms with Crippen LogP contribution in [0.4, 0.5) is 4.79 Å². The molecule has 0 bridgehead atoms. The lowest BCUT2D eigenvalue weighted by Crippen LogP contribution is -2.55. The molecule has 35 heavy (non-hydrogen) atoms. The van der Waals surface area contributed by atoms with Gasteiger partial charge < -0.3 is 19.0 Å². The molecular weight excluding hydrogens is 452 g/mol. The molecule has 0 aliphatic carbocycles. The zero-order valence-electron chi connectivity index (χ0n) is 21.1. The molecule has 9 heteroatoms. The number of piperidine rings is 1. The normalized spacial score (nSPS) is 21.7. The van der Waals surface area contributed by atoms with Gasteiger partial charge in [0.05, 0.1) is 25.6 Å². The average molecular weight is 487 g/mol. The minimum atomic E-state index is -0.982. The van der Waals surface area contributed by atoms with Crippen LogP contribution < -0.4 is 0 Å². The molecule has 1 atom stereocenters. The van der Waals surface area contributed by atoms with Gasteiger partial charge in [-0.15, -0.1) is 0 Å². The molecule has 1 unspecified atom stereocenters. The third-order valence-corrected chi connectivity index (χ3v) is 6.77. The minimum absolute atomic E-state index is 0.161. The predicted octanol–water partition coefficient (Wildman–Crippen LogP) is 3.97. The second-order valence-corrected chi connectivity index (χ2v) is 9.17. The van der Waals surface area contributed by atoms with Crippen LogP contribution in [0.15, 0.2) is 30.2 Å². The second kappa shape index (κ2) is 10.4. The molecular formula is C26H34N2O7. The summed E-state index contributed by atoms with van der Waals surface area (Å²) < 4.78 is 16.5. The molecule has 4 rings (SSSR count). The number of hydroxylamine groups is 4. The zero-order chi connectivity index (χ0) is 25.2. The van der Waals surface area contributed by atoms with Gasteiger partial charge in [-0.2, -0.15) is 5.06 Å². The zero-order valence-corrected chi connectivity index (χ0v) is 21.1. The topological polar surface area (TPSA) is 86.8 Å². The molecule has 1 saturated heterocycles. The van der Waals surface area contributed by atoms with Gasteiger partial charge in [-0.05, 0) is 63.3 Å². The SMILES string of the molecule is CCOC(=O)OC1=C(c2c(C)cc(C)cc2C)C(=O)N(OCC2CC=CO2)C12CCN(OC)CC2. The monoisotopic (exact) mass is 486 g/mol. The number of aryl methyl sites for hydroxylation is 3.